The lowest BCUT2D eigenvalue weighted by Gasteiger charge is -2.13. The van der Waals surface area contributed by atoms with Gasteiger partial charge in [-0.15, -0.1) is 0 Å². The Balaban J connectivity index is 2.18. The average Bonchev–Trinajstić information content (AvgIpc) is 2.32. The summed E-state index contributed by atoms with van der Waals surface area (Å²) in [6, 6.07) is 13.2. The van der Waals surface area contributed by atoms with Crippen LogP contribution in [0.2, 0.25) is 10.0 Å². The Hall–Kier alpha value is -1.02. The van der Waals surface area contributed by atoms with E-state index in [1.165, 1.54) is 0 Å². The quantitative estimate of drug-likeness (QED) is 0.873. The highest BCUT2D eigenvalue weighted by Crippen LogP contribution is 2.26. The van der Waals surface area contributed by atoms with Crippen molar-refractivity contribution in [3.05, 3.63) is 69.2 Å². The molecule has 2 aromatic rings. The molecule has 1 nitrogen and oxygen atoms in total. The second-order valence-electron chi connectivity index (χ2n) is 4.37. The van der Waals surface area contributed by atoms with Crippen molar-refractivity contribution in [1.29, 1.82) is 0 Å². The van der Waals surface area contributed by atoms with Crippen molar-refractivity contribution in [1.82, 2.24) is 0 Å². The van der Waals surface area contributed by atoms with E-state index in [1.807, 2.05) is 37.3 Å². The molecule has 0 fully saturated rings. The van der Waals surface area contributed by atoms with Gasteiger partial charge in [0.2, 0.25) is 0 Å². The van der Waals surface area contributed by atoms with Gasteiger partial charge in [0.15, 0.2) is 0 Å². The van der Waals surface area contributed by atoms with Crippen molar-refractivity contribution in [2.24, 2.45) is 0 Å². The lowest BCUT2D eigenvalue weighted by atomic mass is 10.00. The highest BCUT2D eigenvalue weighted by Gasteiger charge is 2.11. The monoisotopic (exact) mass is 280 g/mol. The summed E-state index contributed by atoms with van der Waals surface area (Å²) >= 11 is 11.9. The summed E-state index contributed by atoms with van der Waals surface area (Å²) in [5.74, 6) is 0. The lowest BCUT2D eigenvalue weighted by Crippen LogP contribution is -2.02. The number of halogens is 2. The van der Waals surface area contributed by atoms with Gasteiger partial charge < -0.3 is 5.11 Å². The molecule has 0 saturated heterocycles. The first-order valence-electron chi connectivity index (χ1n) is 5.75. The predicted molar refractivity (Wildman–Crippen MR) is 76.3 cm³/mol. The number of rotatable bonds is 3. The van der Waals surface area contributed by atoms with E-state index in [-0.39, 0.29) is 0 Å². The van der Waals surface area contributed by atoms with Crippen molar-refractivity contribution < 1.29 is 5.11 Å². The van der Waals surface area contributed by atoms with Gasteiger partial charge in [0.1, 0.15) is 0 Å². The van der Waals surface area contributed by atoms with Crippen LogP contribution in [0.25, 0.3) is 0 Å². The Bertz CT molecular complexity index is 552. The Morgan fingerprint density at radius 3 is 2.56 bits per heavy atom. The Kier molecular flexibility index (Phi) is 4.28. The molecule has 3 heteroatoms. The first kappa shape index (κ1) is 13.4. The van der Waals surface area contributed by atoms with Crippen LogP contribution in [0.5, 0.6) is 0 Å². The summed E-state index contributed by atoms with van der Waals surface area (Å²) in [6.45, 7) is 2.01. The predicted octanol–water partition coefficient (Wildman–Crippen LogP) is 4.58. The van der Waals surface area contributed by atoms with Crippen LogP contribution in [-0.2, 0) is 6.42 Å². The molecule has 0 heterocycles. The van der Waals surface area contributed by atoms with Gasteiger partial charge in [0.25, 0.3) is 0 Å². The minimum atomic E-state index is -0.552. The molecular formula is C15H14Cl2O. The van der Waals surface area contributed by atoms with Crippen LogP contribution in [0.15, 0.2) is 42.5 Å². The SMILES string of the molecule is Cc1cccc(C(O)Cc2ccc(Cl)cc2Cl)c1. The maximum absolute atomic E-state index is 10.2. The molecule has 0 aliphatic rings. The van der Waals surface area contributed by atoms with Gasteiger partial charge in [-0.3, -0.25) is 0 Å². The van der Waals surface area contributed by atoms with E-state index in [9.17, 15) is 5.11 Å². The number of benzene rings is 2. The lowest BCUT2D eigenvalue weighted by molar-refractivity contribution is 0.178. The van der Waals surface area contributed by atoms with Crippen LogP contribution >= 0.6 is 23.2 Å². The Morgan fingerprint density at radius 1 is 1.11 bits per heavy atom. The van der Waals surface area contributed by atoms with Crippen molar-refractivity contribution in [3.8, 4) is 0 Å². The van der Waals surface area contributed by atoms with E-state index in [0.717, 1.165) is 16.7 Å². The van der Waals surface area contributed by atoms with Gasteiger partial charge in [0.05, 0.1) is 6.10 Å². The van der Waals surface area contributed by atoms with Gasteiger partial charge in [-0.2, -0.15) is 0 Å². The molecule has 94 valence electrons. The molecule has 1 atom stereocenters. The van der Waals surface area contributed by atoms with Gasteiger partial charge in [-0.25, -0.2) is 0 Å². The molecule has 0 radical (unpaired) electrons. The number of hydrogen-bond donors (Lipinski definition) is 1. The number of aryl methyl sites for hydroxylation is 1. The molecule has 1 N–H and O–H groups in total. The molecule has 18 heavy (non-hydrogen) atoms. The van der Waals surface area contributed by atoms with Crippen LogP contribution in [0.3, 0.4) is 0 Å². The zero-order valence-corrected chi connectivity index (χ0v) is 11.5. The van der Waals surface area contributed by atoms with Crippen molar-refractivity contribution in [2.45, 2.75) is 19.4 Å². The molecule has 2 aromatic carbocycles. The normalized spacial score (nSPS) is 12.4. The molecule has 0 aliphatic heterocycles. The fourth-order valence-electron chi connectivity index (χ4n) is 1.89. The van der Waals surface area contributed by atoms with Crippen LogP contribution in [0, 0.1) is 6.92 Å². The van der Waals surface area contributed by atoms with Crippen molar-refractivity contribution in [2.75, 3.05) is 0 Å². The number of aliphatic hydroxyl groups is 1. The molecule has 2 rings (SSSR count). The summed E-state index contributed by atoms with van der Waals surface area (Å²) in [5.41, 5.74) is 2.94. The zero-order chi connectivity index (χ0) is 13.1. The van der Waals surface area contributed by atoms with Crippen molar-refractivity contribution in [3.63, 3.8) is 0 Å². The third-order valence-electron chi connectivity index (χ3n) is 2.86. The third-order valence-corrected chi connectivity index (χ3v) is 3.44. The number of aliphatic hydroxyl groups excluding tert-OH is 1. The largest absolute Gasteiger partial charge is 0.388 e. The zero-order valence-electron chi connectivity index (χ0n) is 10.0. The summed E-state index contributed by atoms with van der Waals surface area (Å²) in [6.07, 6.45) is -0.0667. The smallest absolute Gasteiger partial charge is 0.0831 e. The van der Waals surface area contributed by atoms with Crippen LogP contribution < -0.4 is 0 Å². The molecule has 0 saturated carbocycles. The summed E-state index contributed by atoms with van der Waals surface area (Å²) < 4.78 is 0. The topological polar surface area (TPSA) is 20.2 Å². The summed E-state index contributed by atoms with van der Waals surface area (Å²) in [5, 5.41) is 11.4. The first-order valence-corrected chi connectivity index (χ1v) is 6.50. The fraction of sp³-hybridized carbons (Fsp3) is 0.200. The van der Waals surface area contributed by atoms with E-state index in [0.29, 0.717) is 16.5 Å². The third kappa shape index (κ3) is 3.26. The van der Waals surface area contributed by atoms with Crippen LogP contribution in [0.1, 0.15) is 22.8 Å². The van der Waals surface area contributed by atoms with Gasteiger partial charge in [-0.05, 0) is 30.2 Å². The van der Waals surface area contributed by atoms with E-state index < -0.39 is 6.10 Å². The van der Waals surface area contributed by atoms with Crippen molar-refractivity contribution >= 4 is 23.2 Å². The molecule has 0 amide bonds. The van der Waals surface area contributed by atoms with E-state index in [4.69, 9.17) is 23.2 Å². The molecular weight excluding hydrogens is 267 g/mol. The Labute approximate surface area is 117 Å². The maximum atomic E-state index is 10.2. The average molecular weight is 281 g/mol. The maximum Gasteiger partial charge on any atom is 0.0831 e. The second-order valence-corrected chi connectivity index (χ2v) is 5.21. The summed E-state index contributed by atoms with van der Waals surface area (Å²) in [4.78, 5) is 0. The second kappa shape index (κ2) is 5.75. The fourth-order valence-corrected chi connectivity index (χ4v) is 2.38. The van der Waals surface area contributed by atoms with E-state index in [1.54, 1.807) is 12.1 Å². The van der Waals surface area contributed by atoms with Crippen LogP contribution in [-0.4, -0.2) is 5.11 Å². The molecule has 0 aromatic heterocycles. The van der Waals surface area contributed by atoms with Gasteiger partial charge in [-0.1, -0.05) is 59.1 Å². The van der Waals surface area contributed by atoms with Crippen LogP contribution in [0.4, 0.5) is 0 Å². The van der Waals surface area contributed by atoms with Gasteiger partial charge >= 0.3 is 0 Å². The standard InChI is InChI=1S/C15H14Cl2O/c1-10-3-2-4-12(7-10)15(18)8-11-5-6-13(16)9-14(11)17/h2-7,9,15,18H,8H2,1H3. The number of hydrogen-bond acceptors (Lipinski definition) is 1. The highest BCUT2D eigenvalue weighted by atomic mass is 35.5. The Morgan fingerprint density at radius 2 is 1.89 bits per heavy atom. The first-order chi connectivity index (χ1) is 8.56. The molecule has 1 unspecified atom stereocenters. The van der Waals surface area contributed by atoms with E-state index >= 15 is 0 Å². The van der Waals surface area contributed by atoms with E-state index in [2.05, 4.69) is 0 Å². The molecule has 0 aliphatic carbocycles. The summed E-state index contributed by atoms with van der Waals surface area (Å²) in [7, 11) is 0. The minimum absolute atomic E-state index is 0.486. The minimum Gasteiger partial charge on any atom is -0.388 e. The molecule has 0 bridgehead atoms. The molecule has 0 spiro atoms. The van der Waals surface area contributed by atoms with Gasteiger partial charge in [0, 0.05) is 16.5 Å². The highest BCUT2D eigenvalue weighted by molar-refractivity contribution is 6.35.